The van der Waals surface area contributed by atoms with Gasteiger partial charge in [-0.3, -0.25) is 0 Å². The highest BCUT2D eigenvalue weighted by molar-refractivity contribution is 5.75. The van der Waals surface area contributed by atoms with Gasteiger partial charge in [0, 0.05) is 5.54 Å². The van der Waals surface area contributed by atoms with Crippen molar-refractivity contribution >= 4 is 17.3 Å². The lowest BCUT2D eigenvalue weighted by Crippen LogP contribution is -2.40. The third-order valence-corrected chi connectivity index (χ3v) is 2.24. The van der Waals surface area contributed by atoms with Gasteiger partial charge in [-0.2, -0.15) is 10.5 Å². The van der Waals surface area contributed by atoms with E-state index in [2.05, 4.69) is 20.8 Å². The van der Waals surface area contributed by atoms with E-state index in [1.807, 2.05) is 32.9 Å². The maximum absolute atomic E-state index is 8.78. The van der Waals surface area contributed by atoms with Gasteiger partial charge in [-0.05, 0) is 20.8 Å². The van der Waals surface area contributed by atoms with Crippen LogP contribution >= 0.6 is 0 Å². The van der Waals surface area contributed by atoms with Crippen molar-refractivity contribution < 1.29 is 0 Å². The van der Waals surface area contributed by atoms with E-state index >= 15 is 0 Å². The Kier molecular flexibility index (Phi) is 5.07. The van der Waals surface area contributed by atoms with E-state index in [-0.39, 0.29) is 24.3 Å². The molecule has 8 heteroatoms. The zero-order valence-corrected chi connectivity index (χ0v) is 11.8. The molecule has 0 atom stereocenters. The highest BCUT2D eigenvalue weighted by Crippen LogP contribution is 2.25. The van der Waals surface area contributed by atoms with Crippen molar-refractivity contribution in [3.8, 4) is 12.1 Å². The van der Waals surface area contributed by atoms with Gasteiger partial charge >= 0.3 is 0 Å². The molecular weight excluding hydrogens is 256 g/mol. The predicted octanol–water partition coefficient (Wildman–Crippen LogP) is 0.627. The largest absolute Gasteiger partial charge is 0.393 e. The van der Waals surface area contributed by atoms with Crippen LogP contribution < -0.4 is 21.5 Å². The summed E-state index contributed by atoms with van der Waals surface area (Å²) in [4.78, 5) is 9.57. The van der Waals surface area contributed by atoms with Crippen molar-refractivity contribution in [3.63, 3.8) is 0 Å². The maximum Gasteiger partial charge on any atom is 0.169 e. The fraction of sp³-hybridized carbons (Fsp3) is 0.500. The Hall–Kier alpha value is -2.58. The number of nitriles is 2. The summed E-state index contributed by atoms with van der Waals surface area (Å²) in [5.74, 6) is 0.770. The first kappa shape index (κ1) is 15.5. The van der Waals surface area contributed by atoms with Gasteiger partial charge in [0.1, 0.15) is 25.1 Å². The van der Waals surface area contributed by atoms with Crippen LogP contribution in [0.1, 0.15) is 20.8 Å². The summed E-state index contributed by atoms with van der Waals surface area (Å²) in [5, 5.41) is 17.6. The van der Waals surface area contributed by atoms with Gasteiger partial charge in [-0.15, -0.1) is 0 Å². The molecule has 1 rings (SSSR count). The Morgan fingerprint density at radius 3 is 2.35 bits per heavy atom. The van der Waals surface area contributed by atoms with Crippen LogP contribution in [0, 0.1) is 22.7 Å². The minimum Gasteiger partial charge on any atom is -0.393 e. The average molecular weight is 274 g/mol. The minimum absolute atomic E-state index is 0.0287. The van der Waals surface area contributed by atoms with E-state index in [0.29, 0.717) is 11.6 Å². The van der Waals surface area contributed by atoms with Crippen LogP contribution in [0.15, 0.2) is 6.33 Å². The molecule has 106 valence electrons. The second kappa shape index (κ2) is 6.55. The predicted molar refractivity (Wildman–Crippen MR) is 76.4 cm³/mol. The standard InChI is InChI=1S/C12H18N8/c1-12(2,3)19-18-10-9(15)11(17-8-16-10)20(6-4-13)7-5-14/h8,19H,6-7,15H2,1-3H3,(H,16,17,18). The summed E-state index contributed by atoms with van der Waals surface area (Å²) in [6, 6.07) is 3.95. The molecule has 0 saturated carbocycles. The fourth-order valence-corrected chi connectivity index (χ4v) is 1.36. The quantitative estimate of drug-likeness (QED) is 0.527. The minimum atomic E-state index is -0.170. The number of anilines is 3. The van der Waals surface area contributed by atoms with Gasteiger partial charge in [0.15, 0.2) is 11.6 Å². The number of nitrogens with zero attached hydrogens (tertiary/aromatic N) is 5. The topological polar surface area (TPSA) is 127 Å². The zero-order valence-electron chi connectivity index (χ0n) is 11.8. The Balaban J connectivity index is 2.99. The van der Waals surface area contributed by atoms with Gasteiger partial charge in [0.05, 0.1) is 12.1 Å². The lowest BCUT2D eigenvalue weighted by Gasteiger charge is -2.24. The monoisotopic (exact) mass is 274 g/mol. The van der Waals surface area contributed by atoms with Crippen LogP contribution in [0.3, 0.4) is 0 Å². The summed E-state index contributed by atoms with van der Waals surface area (Å²) >= 11 is 0. The van der Waals surface area contributed by atoms with Crippen LogP contribution in [0.4, 0.5) is 17.3 Å². The SMILES string of the molecule is CC(C)(C)NNc1ncnc(N(CC#N)CC#N)c1N. The number of aromatic nitrogens is 2. The Bertz CT molecular complexity index is 518. The average Bonchev–Trinajstić information content (AvgIpc) is 2.36. The van der Waals surface area contributed by atoms with Crippen LogP contribution in [0.5, 0.6) is 0 Å². The van der Waals surface area contributed by atoms with E-state index in [0.717, 1.165) is 0 Å². The number of hydrogen-bond donors (Lipinski definition) is 3. The van der Waals surface area contributed by atoms with Crippen LogP contribution in [-0.4, -0.2) is 28.6 Å². The van der Waals surface area contributed by atoms with E-state index in [1.165, 1.54) is 11.2 Å². The Morgan fingerprint density at radius 1 is 1.25 bits per heavy atom. The van der Waals surface area contributed by atoms with Gasteiger partial charge in [-0.1, -0.05) is 0 Å². The zero-order chi connectivity index (χ0) is 15.2. The number of nitrogens with two attached hydrogens (primary N) is 1. The summed E-state index contributed by atoms with van der Waals surface area (Å²) in [6.45, 7) is 6.00. The molecule has 1 aromatic heterocycles. The van der Waals surface area contributed by atoms with E-state index in [9.17, 15) is 0 Å². The summed E-state index contributed by atoms with van der Waals surface area (Å²) in [5.41, 5.74) is 12.1. The number of nitrogen functional groups attached to an aromatic ring is 1. The second-order valence-corrected chi connectivity index (χ2v) is 5.13. The first-order chi connectivity index (χ1) is 9.39. The van der Waals surface area contributed by atoms with Crippen molar-refractivity contribution in [2.24, 2.45) is 0 Å². The van der Waals surface area contributed by atoms with Crippen molar-refractivity contribution in [1.29, 1.82) is 10.5 Å². The van der Waals surface area contributed by atoms with E-state index in [4.69, 9.17) is 16.3 Å². The molecule has 0 radical (unpaired) electrons. The van der Waals surface area contributed by atoms with Gasteiger partial charge in [0.25, 0.3) is 0 Å². The Labute approximate surface area is 118 Å². The maximum atomic E-state index is 8.78. The van der Waals surface area contributed by atoms with E-state index < -0.39 is 0 Å². The molecule has 0 aromatic carbocycles. The summed E-state index contributed by atoms with van der Waals surface area (Å²) < 4.78 is 0. The van der Waals surface area contributed by atoms with Crippen LogP contribution in [0.25, 0.3) is 0 Å². The Morgan fingerprint density at radius 2 is 1.85 bits per heavy atom. The van der Waals surface area contributed by atoms with Gasteiger partial charge in [-0.25, -0.2) is 15.4 Å². The van der Waals surface area contributed by atoms with Crippen LogP contribution in [0.2, 0.25) is 0 Å². The fourth-order valence-electron chi connectivity index (χ4n) is 1.36. The molecule has 0 aliphatic heterocycles. The van der Waals surface area contributed by atoms with Gasteiger partial charge < -0.3 is 16.1 Å². The number of rotatable bonds is 5. The summed E-state index contributed by atoms with van der Waals surface area (Å²) in [7, 11) is 0. The summed E-state index contributed by atoms with van der Waals surface area (Å²) in [6.07, 6.45) is 1.33. The molecule has 0 aliphatic rings. The van der Waals surface area contributed by atoms with Crippen molar-refractivity contribution in [1.82, 2.24) is 15.4 Å². The molecule has 1 heterocycles. The molecule has 8 nitrogen and oxygen atoms in total. The molecule has 0 amide bonds. The molecule has 0 saturated heterocycles. The van der Waals surface area contributed by atoms with Crippen LogP contribution in [-0.2, 0) is 0 Å². The lowest BCUT2D eigenvalue weighted by atomic mass is 10.1. The smallest absolute Gasteiger partial charge is 0.169 e. The molecule has 4 N–H and O–H groups in total. The molecule has 0 fully saturated rings. The molecular formula is C12H18N8. The third kappa shape index (κ3) is 4.26. The molecule has 1 aromatic rings. The molecule has 0 bridgehead atoms. The van der Waals surface area contributed by atoms with E-state index in [1.54, 1.807) is 0 Å². The molecule has 20 heavy (non-hydrogen) atoms. The highest BCUT2D eigenvalue weighted by atomic mass is 15.4. The number of hydrazine groups is 1. The third-order valence-electron chi connectivity index (χ3n) is 2.24. The van der Waals surface area contributed by atoms with Crippen molar-refractivity contribution in [2.45, 2.75) is 26.3 Å². The first-order valence-corrected chi connectivity index (χ1v) is 6.01. The number of hydrogen-bond acceptors (Lipinski definition) is 8. The highest BCUT2D eigenvalue weighted by Gasteiger charge is 2.16. The second-order valence-electron chi connectivity index (χ2n) is 5.13. The van der Waals surface area contributed by atoms with Gasteiger partial charge in [0.2, 0.25) is 0 Å². The van der Waals surface area contributed by atoms with Crippen molar-refractivity contribution in [3.05, 3.63) is 6.33 Å². The van der Waals surface area contributed by atoms with Crippen molar-refractivity contribution in [2.75, 3.05) is 29.1 Å². The first-order valence-electron chi connectivity index (χ1n) is 6.01. The molecule has 0 spiro atoms. The lowest BCUT2D eigenvalue weighted by molar-refractivity contribution is 0.464. The normalized spacial score (nSPS) is 10.4. The molecule has 0 unspecified atom stereocenters. The number of nitrogens with one attached hydrogen (secondary N) is 2. The molecule has 0 aliphatic carbocycles.